The number of rotatable bonds is 31. The molecule has 39 heavy (non-hydrogen) atoms. The number of ether oxygens (including phenoxy) is 1. The van der Waals surface area contributed by atoms with Gasteiger partial charge in [-0.2, -0.15) is 0 Å². The van der Waals surface area contributed by atoms with E-state index in [2.05, 4.69) is 26.0 Å². The number of esters is 1. The molecule has 0 aliphatic heterocycles. The summed E-state index contributed by atoms with van der Waals surface area (Å²) < 4.78 is 5.25. The number of allylic oxidation sites excluding steroid dienone is 3. The van der Waals surface area contributed by atoms with Gasteiger partial charge < -0.3 is 4.74 Å². The fourth-order valence-corrected chi connectivity index (χ4v) is 5.05. The first-order valence-electron chi connectivity index (χ1n) is 17.3. The predicted octanol–water partition coefficient (Wildman–Crippen LogP) is 12.9. The maximum absolute atomic E-state index is 11.9. The van der Waals surface area contributed by atoms with Crippen molar-refractivity contribution in [3.05, 3.63) is 24.5 Å². The Bertz CT molecular complexity index is 514. The molecule has 0 atom stereocenters. The maximum Gasteiger partial charge on any atom is 0.310 e. The Morgan fingerprint density at radius 3 is 1.13 bits per heavy atom. The van der Waals surface area contributed by atoms with Gasteiger partial charge in [-0.15, -0.1) is 0 Å². The smallest absolute Gasteiger partial charge is 0.310 e. The Labute approximate surface area is 258 Å². The van der Waals surface area contributed by atoms with E-state index in [-0.39, 0.29) is 25.4 Å². The van der Waals surface area contributed by atoms with Gasteiger partial charge in [0.15, 0.2) is 0 Å². The van der Waals surface area contributed by atoms with E-state index in [0.717, 1.165) is 19.3 Å². The second-order valence-corrected chi connectivity index (χ2v) is 11.6. The number of carbonyl (C=O) groups is 1. The second kappa shape index (κ2) is 37.6. The third-order valence-corrected chi connectivity index (χ3v) is 7.66. The van der Waals surface area contributed by atoms with Crippen molar-refractivity contribution in [3.8, 4) is 0 Å². The summed E-state index contributed by atoms with van der Waals surface area (Å²) in [5, 5.41) is 0. The summed E-state index contributed by atoms with van der Waals surface area (Å²) in [4.78, 5) is 11.9. The first kappa shape index (κ1) is 40.7. The van der Waals surface area contributed by atoms with Crippen molar-refractivity contribution < 1.29 is 29.0 Å². The summed E-state index contributed by atoms with van der Waals surface area (Å²) in [5.74, 6) is -0.0696. The van der Waals surface area contributed by atoms with Crippen LogP contribution in [0.3, 0.4) is 0 Å². The molecule has 0 saturated heterocycles. The van der Waals surface area contributed by atoms with Crippen molar-refractivity contribution in [2.24, 2.45) is 0 Å². The monoisotopic (exact) mass is 596 g/mol. The first-order valence-corrected chi connectivity index (χ1v) is 17.3. The zero-order valence-electron chi connectivity index (χ0n) is 26.8. The molecule has 0 fully saturated rings. The largest absolute Gasteiger partial charge is 0.435 e. The zero-order valence-corrected chi connectivity index (χ0v) is 29.8. The van der Waals surface area contributed by atoms with Gasteiger partial charge in [-0.25, -0.2) is 0 Å². The van der Waals surface area contributed by atoms with E-state index in [1.807, 2.05) is 6.08 Å². The Morgan fingerprint density at radius 1 is 0.436 bits per heavy atom. The van der Waals surface area contributed by atoms with Crippen LogP contribution in [-0.4, -0.2) is 5.97 Å². The van der Waals surface area contributed by atoms with E-state index < -0.39 is 0 Å². The van der Waals surface area contributed by atoms with Crippen LogP contribution in [0.4, 0.5) is 0 Å². The van der Waals surface area contributed by atoms with Gasteiger partial charge in [0.2, 0.25) is 0 Å². The van der Waals surface area contributed by atoms with Crippen LogP contribution in [-0.2, 0) is 29.0 Å². The van der Waals surface area contributed by atoms with Crippen LogP contribution in [0.25, 0.3) is 0 Å². The predicted molar refractivity (Wildman–Crippen MR) is 170 cm³/mol. The van der Waals surface area contributed by atoms with Gasteiger partial charge in [-0.1, -0.05) is 161 Å². The van der Waals surface area contributed by atoms with Crippen molar-refractivity contribution in [3.63, 3.8) is 0 Å². The quantitative estimate of drug-likeness (QED) is 0.0261. The Balaban J connectivity index is 0. The molecular formula is C36H68O2Zn. The molecular weight excluding hydrogens is 530 g/mol. The van der Waals surface area contributed by atoms with Crippen LogP contribution in [0.15, 0.2) is 24.5 Å². The first-order chi connectivity index (χ1) is 18.8. The van der Waals surface area contributed by atoms with Crippen LogP contribution >= 0.6 is 0 Å². The third-order valence-electron chi connectivity index (χ3n) is 7.66. The van der Waals surface area contributed by atoms with Crippen molar-refractivity contribution in [1.82, 2.24) is 0 Å². The molecule has 0 rings (SSSR count). The van der Waals surface area contributed by atoms with Crippen LogP contribution in [0.2, 0.25) is 0 Å². The van der Waals surface area contributed by atoms with Gasteiger partial charge in [0, 0.05) is 25.9 Å². The normalized spacial score (nSPS) is 11.4. The summed E-state index contributed by atoms with van der Waals surface area (Å²) in [6, 6.07) is 0. The molecule has 3 heteroatoms. The minimum atomic E-state index is -0.0696. The minimum absolute atomic E-state index is 0. The summed E-state index contributed by atoms with van der Waals surface area (Å²) in [6.45, 7) is 4.56. The van der Waals surface area contributed by atoms with Crippen molar-refractivity contribution in [1.29, 1.82) is 0 Å². The number of carbonyl (C=O) groups excluding carboxylic acids is 1. The second-order valence-electron chi connectivity index (χ2n) is 11.6. The molecule has 0 aliphatic rings. The van der Waals surface area contributed by atoms with Crippen molar-refractivity contribution in [2.75, 3.05) is 0 Å². The molecule has 0 bridgehead atoms. The molecule has 0 amide bonds. The van der Waals surface area contributed by atoms with Crippen LogP contribution in [0, 0.1) is 0 Å². The molecule has 0 aliphatic carbocycles. The molecule has 0 radical (unpaired) electrons. The molecule has 226 valence electrons. The van der Waals surface area contributed by atoms with E-state index in [1.54, 1.807) is 6.26 Å². The Kier molecular flexibility index (Phi) is 39.2. The van der Waals surface area contributed by atoms with Gasteiger partial charge in [0.1, 0.15) is 0 Å². The maximum atomic E-state index is 11.9. The van der Waals surface area contributed by atoms with Gasteiger partial charge in [0.05, 0.1) is 6.26 Å². The van der Waals surface area contributed by atoms with Crippen LogP contribution in [0.1, 0.15) is 200 Å². The van der Waals surface area contributed by atoms with E-state index in [9.17, 15) is 4.79 Å². The summed E-state index contributed by atoms with van der Waals surface area (Å²) >= 11 is 0. The minimum Gasteiger partial charge on any atom is -0.435 e. The molecule has 0 heterocycles. The van der Waals surface area contributed by atoms with Crippen molar-refractivity contribution in [2.45, 2.75) is 200 Å². The van der Waals surface area contributed by atoms with Crippen LogP contribution < -0.4 is 0 Å². The van der Waals surface area contributed by atoms with E-state index in [4.69, 9.17) is 4.74 Å². The van der Waals surface area contributed by atoms with Gasteiger partial charge >= 0.3 is 5.97 Å². The molecule has 0 spiro atoms. The number of hydrogen-bond acceptors (Lipinski definition) is 2. The fourth-order valence-electron chi connectivity index (χ4n) is 5.05. The summed E-state index contributed by atoms with van der Waals surface area (Å²) in [5.41, 5.74) is 0. The number of hydrogen-bond donors (Lipinski definition) is 0. The van der Waals surface area contributed by atoms with Crippen molar-refractivity contribution >= 4 is 5.97 Å². The average molecular weight is 598 g/mol. The van der Waals surface area contributed by atoms with Gasteiger partial charge in [-0.05, 0) is 51.0 Å². The molecule has 0 N–H and O–H groups in total. The van der Waals surface area contributed by atoms with Gasteiger partial charge in [0.25, 0.3) is 0 Å². The van der Waals surface area contributed by atoms with E-state index in [1.165, 1.54) is 161 Å². The zero-order chi connectivity index (χ0) is 27.6. The molecule has 0 aromatic heterocycles. The molecule has 0 unspecified atom stereocenters. The summed E-state index contributed by atoms with van der Waals surface area (Å²) in [6.07, 6.45) is 46.1. The van der Waals surface area contributed by atoms with E-state index in [0.29, 0.717) is 6.42 Å². The fraction of sp³-hybridized carbons (Fsp3) is 0.861. The molecule has 2 nitrogen and oxygen atoms in total. The standard InChI is InChI=1S/C36H68O2.Zn/c1-3-5-7-9-11-13-15-17-19-21-23-25-27-29-31-33-35-38-36(37)34-32-30-28-26-24-22-20-18-16-14-12-10-8-6-4-2;/h18,20,33,35H,3-17,19,21-32,34H2,1-2H3;/b20-18-,35-33?;. The topological polar surface area (TPSA) is 26.3 Å². The van der Waals surface area contributed by atoms with Crippen LogP contribution in [0.5, 0.6) is 0 Å². The third kappa shape index (κ3) is 37.6. The summed E-state index contributed by atoms with van der Waals surface area (Å²) in [7, 11) is 0. The van der Waals surface area contributed by atoms with Gasteiger partial charge in [-0.3, -0.25) is 4.79 Å². The Morgan fingerprint density at radius 2 is 0.744 bits per heavy atom. The average Bonchev–Trinajstić information content (AvgIpc) is 2.92. The van der Waals surface area contributed by atoms with E-state index >= 15 is 0 Å². The molecule has 0 aromatic rings. The SMILES string of the molecule is CCCCCCCC/C=C\CCCCCCCC(=O)OC=CCCCCCCCCCCCCCCCC.[Zn]. The molecule has 0 saturated carbocycles. The number of unbranched alkanes of at least 4 members (excludes halogenated alkanes) is 25. The molecule has 0 aromatic carbocycles. The Hall–Kier alpha value is -0.427.